The Morgan fingerprint density at radius 3 is 2.10 bits per heavy atom. The van der Waals surface area contributed by atoms with Crippen molar-refractivity contribution in [3.63, 3.8) is 0 Å². The number of rotatable bonds is 10. The highest BCUT2D eigenvalue weighted by Gasteiger charge is 2.17. The third kappa shape index (κ3) is 6.09. The molecule has 1 aromatic carbocycles. The Kier molecular flexibility index (Phi) is 8.44. The van der Waals surface area contributed by atoms with E-state index in [0.29, 0.717) is 12.0 Å². The van der Waals surface area contributed by atoms with Crippen molar-refractivity contribution in [1.82, 2.24) is 4.90 Å². The van der Waals surface area contributed by atoms with Gasteiger partial charge in [0.1, 0.15) is 0 Å². The van der Waals surface area contributed by atoms with Crippen LogP contribution < -0.4 is 5.32 Å². The van der Waals surface area contributed by atoms with Gasteiger partial charge >= 0.3 is 0 Å². The topological polar surface area (TPSA) is 15.3 Å². The fourth-order valence-electron chi connectivity index (χ4n) is 3.03. The summed E-state index contributed by atoms with van der Waals surface area (Å²) in [6.07, 6.45) is 3.85. The lowest BCUT2D eigenvalue weighted by Gasteiger charge is -2.31. The summed E-state index contributed by atoms with van der Waals surface area (Å²) in [6, 6.07) is 11.8. The Hall–Kier alpha value is -1.02. The van der Waals surface area contributed by atoms with Crippen molar-refractivity contribution in [1.29, 1.82) is 0 Å². The molecule has 3 atom stereocenters. The number of anilines is 1. The second-order valence-corrected chi connectivity index (χ2v) is 6.14. The van der Waals surface area contributed by atoms with E-state index < -0.39 is 0 Å². The van der Waals surface area contributed by atoms with E-state index in [1.807, 2.05) is 0 Å². The zero-order valence-electron chi connectivity index (χ0n) is 14.6. The molecule has 0 fully saturated rings. The Bertz CT molecular complexity index is 359. The zero-order valence-corrected chi connectivity index (χ0v) is 14.6. The van der Waals surface area contributed by atoms with Crippen LogP contribution in [0.25, 0.3) is 0 Å². The molecule has 21 heavy (non-hydrogen) atoms. The lowest BCUT2D eigenvalue weighted by Crippen LogP contribution is -2.35. The van der Waals surface area contributed by atoms with Gasteiger partial charge in [0.25, 0.3) is 0 Å². The lowest BCUT2D eigenvalue weighted by atomic mass is 9.93. The van der Waals surface area contributed by atoms with Crippen molar-refractivity contribution in [3.8, 4) is 0 Å². The second-order valence-electron chi connectivity index (χ2n) is 6.14. The van der Waals surface area contributed by atoms with E-state index >= 15 is 0 Å². The molecular formula is C19H34N2. The van der Waals surface area contributed by atoms with Gasteiger partial charge in [0.05, 0.1) is 0 Å². The SMILES string of the molecule is CCC(CCC(C)C(C)Nc1ccccc1)N(CC)CC. The molecule has 0 aromatic heterocycles. The van der Waals surface area contributed by atoms with Gasteiger partial charge in [-0.3, -0.25) is 0 Å². The van der Waals surface area contributed by atoms with E-state index in [2.05, 4.69) is 75.2 Å². The molecule has 0 bridgehead atoms. The number of hydrogen-bond donors (Lipinski definition) is 1. The van der Waals surface area contributed by atoms with Gasteiger partial charge in [-0.1, -0.05) is 45.9 Å². The molecule has 0 aliphatic heterocycles. The molecule has 1 N–H and O–H groups in total. The first-order valence-corrected chi connectivity index (χ1v) is 8.67. The molecule has 0 radical (unpaired) electrons. The van der Waals surface area contributed by atoms with Crippen LogP contribution in [-0.2, 0) is 0 Å². The van der Waals surface area contributed by atoms with Crippen molar-refractivity contribution in [2.45, 2.75) is 66.0 Å². The molecular weight excluding hydrogens is 256 g/mol. The first-order valence-electron chi connectivity index (χ1n) is 8.67. The number of hydrogen-bond acceptors (Lipinski definition) is 2. The summed E-state index contributed by atoms with van der Waals surface area (Å²) in [7, 11) is 0. The van der Waals surface area contributed by atoms with Crippen LogP contribution in [0.2, 0.25) is 0 Å². The van der Waals surface area contributed by atoms with Crippen LogP contribution in [0.5, 0.6) is 0 Å². The van der Waals surface area contributed by atoms with Crippen LogP contribution in [0.1, 0.15) is 53.9 Å². The van der Waals surface area contributed by atoms with Crippen LogP contribution in [-0.4, -0.2) is 30.1 Å². The number of nitrogens with one attached hydrogen (secondary N) is 1. The number of nitrogens with zero attached hydrogens (tertiary/aromatic N) is 1. The first-order chi connectivity index (χ1) is 10.1. The Labute approximate surface area is 131 Å². The predicted molar refractivity (Wildman–Crippen MR) is 94.9 cm³/mol. The highest BCUT2D eigenvalue weighted by Crippen LogP contribution is 2.20. The molecule has 3 unspecified atom stereocenters. The zero-order chi connectivity index (χ0) is 15.7. The summed E-state index contributed by atoms with van der Waals surface area (Å²) in [5, 5.41) is 3.63. The molecule has 0 aliphatic carbocycles. The maximum Gasteiger partial charge on any atom is 0.0342 e. The first kappa shape index (κ1) is 18.0. The Balaban J connectivity index is 2.42. The van der Waals surface area contributed by atoms with Gasteiger partial charge in [-0.05, 0) is 57.3 Å². The van der Waals surface area contributed by atoms with E-state index in [1.165, 1.54) is 38.0 Å². The molecule has 0 saturated carbocycles. The second kappa shape index (κ2) is 9.83. The van der Waals surface area contributed by atoms with Gasteiger partial charge in [-0.25, -0.2) is 0 Å². The molecule has 0 amide bonds. The summed E-state index contributed by atoms with van der Waals surface area (Å²) in [4.78, 5) is 2.60. The summed E-state index contributed by atoms with van der Waals surface area (Å²) >= 11 is 0. The highest BCUT2D eigenvalue weighted by atomic mass is 15.1. The summed E-state index contributed by atoms with van der Waals surface area (Å²) in [6.45, 7) is 13.9. The van der Waals surface area contributed by atoms with Gasteiger partial charge in [-0.15, -0.1) is 0 Å². The summed E-state index contributed by atoms with van der Waals surface area (Å²) in [5.74, 6) is 0.690. The summed E-state index contributed by atoms with van der Waals surface area (Å²) < 4.78 is 0. The molecule has 120 valence electrons. The molecule has 1 rings (SSSR count). The smallest absolute Gasteiger partial charge is 0.0342 e. The van der Waals surface area contributed by atoms with Crippen molar-refractivity contribution >= 4 is 5.69 Å². The van der Waals surface area contributed by atoms with Crippen molar-refractivity contribution < 1.29 is 0 Å². The quantitative estimate of drug-likeness (QED) is 0.650. The van der Waals surface area contributed by atoms with E-state index in [0.717, 1.165) is 6.04 Å². The number of para-hydroxylation sites is 1. The largest absolute Gasteiger partial charge is 0.382 e. The van der Waals surface area contributed by atoms with Crippen LogP contribution >= 0.6 is 0 Å². The standard InChI is InChI=1S/C19H34N2/c1-6-19(21(7-2)8-3)15-14-16(4)17(5)20-18-12-10-9-11-13-18/h9-13,16-17,19-20H,6-8,14-15H2,1-5H3. The van der Waals surface area contributed by atoms with E-state index in [-0.39, 0.29) is 0 Å². The fourth-order valence-corrected chi connectivity index (χ4v) is 3.03. The molecule has 0 heterocycles. The highest BCUT2D eigenvalue weighted by molar-refractivity contribution is 5.43. The summed E-state index contributed by atoms with van der Waals surface area (Å²) in [5.41, 5.74) is 1.23. The molecule has 2 heteroatoms. The third-order valence-electron chi connectivity index (χ3n) is 4.78. The lowest BCUT2D eigenvalue weighted by molar-refractivity contribution is 0.190. The van der Waals surface area contributed by atoms with Gasteiger partial charge < -0.3 is 10.2 Å². The molecule has 1 aromatic rings. The van der Waals surface area contributed by atoms with Crippen LogP contribution in [0.15, 0.2) is 30.3 Å². The van der Waals surface area contributed by atoms with Gasteiger partial charge in [-0.2, -0.15) is 0 Å². The van der Waals surface area contributed by atoms with E-state index in [4.69, 9.17) is 0 Å². The van der Waals surface area contributed by atoms with Crippen LogP contribution in [0, 0.1) is 5.92 Å². The van der Waals surface area contributed by atoms with E-state index in [1.54, 1.807) is 0 Å². The van der Waals surface area contributed by atoms with Crippen molar-refractivity contribution in [3.05, 3.63) is 30.3 Å². The maximum atomic E-state index is 3.63. The average molecular weight is 290 g/mol. The molecule has 0 spiro atoms. The molecule has 0 saturated heterocycles. The minimum absolute atomic E-state index is 0.515. The van der Waals surface area contributed by atoms with Gasteiger partial charge in [0.2, 0.25) is 0 Å². The minimum Gasteiger partial charge on any atom is -0.382 e. The number of benzene rings is 1. The fraction of sp³-hybridized carbons (Fsp3) is 0.684. The predicted octanol–water partition coefficient (Wildman–Crippen LogP) is 5.02. The minimum atomic E-state index is 0.515. The Morgan fingerprint density at radius 2 is 1.57 bits per heavy atom. The van der Waals surface area contributed by atoms with Crippen LogP contribution in [0.3, 0.4) is 0 Å². The molecule has 2 nitrogen and oxygen atoms in total. The van der Waals surface area contributed by atoms with Crippen LogP contribution in [0.4, 0.5) is 5.69 Å². The van der Waals surface area contributed by atoms with Crippen molar-refractivity contribution in [2.75, 3.05) is 18.4 Å². The third-order valence-corrected chi connectivity index (χ3v) is 4.78. The average Bonchev–Trinajstić information content (AvgIpc) is 2.52. The van der Waals surface area contributed by atoms with Gasteiger partial charge in [0, 0.05) is 17.8 Å². The normalized spacial score (nSPS) is 15.7. The monoisotopic (exact) mass is 290 g/mol. The maximum absolute atomic E-state index is 3.63. The Morgan fingerprint density at radius 1 is 0.952 bits per heavy atom. The molecule has 0 aliphatic rings. The van der Waals surface area contributed by atoms with Gasteiger partial charge in [0.15, 0.2) is 0 Å². The van der Waals surface area contributed by atoms with Crippen molar-refractivity contribution in [2.24, 2.45) is 5.92 Å². The van der Waals surface area contributed by atoms with E-state index in [9.17, 15) is 0 Å².